The minimum absolute atomic E-state index is 0.0413. The van der Waals surface area contributed by atoms with Gasteiger partial charge in [-0.1, -0.05) is 44.5 Å². The highest BCUT2D eigenvalue weighted by molar-refractivity contribution is 7.12. The topological polar surface area (TPSA) is 26.0 Å². The van der Waals surface area contributed by atoms with Gasteiger partial charge in [-0.2, -0.15) is 0 Å². The van der Waals surface area contributed by atoms with Crippen LogP contribution in [0.4, 0.5) is 0 Å². The van der Waals surface area contributed by atoms with E-state index in [1.807, 2.05) is 29.5 Å². The molecule has 1 aromatic heterocycles. The van der Waals surface area contributed by atoms with Crippen molar-refractivity contribution in [2.45, 2.75) is 38.6 Å². The Morgan fingerprint density at radius 1 is 1.21 bits per heavy atom. The van der Waals surface area contributed by atoms with Gasteiger partial charge in [0.1, 0.15) is 0 Å². The fourth-order valence-corrected chi connectivity index (χ4v) is 3.25. The van der Waals surface area contributed by atoms with Gasteiger partial charge in [-0.3, -0.25) is 0 Å². The largest absolute Gasteiger partial charge is 0.323 e. The maximum atomic E-state index is 6.30. The van der Waals surface area contributed by atoms with Crippen molar-refractivity contribution in [3.05, 3.63) is 56.7 Å². The van der Waals surface area contributed by atoms with Crippen LogP contribution in [0.25, 0.3) is 0 Å². The van der Waals surface area contributed by atoms with Crippen molar-refractivity contribution in [2.24, 2.45) is 5.73 Å². The molecule has 2 aromatic rings. The Bertz CT molecular complexity index is 554. The van der Waals surface area contributed by atoms with Crippen molar-refractivity contribution in [2.75, 3.05) is 0 Å². The van der Waals surface area contributed by atoms with Crippen molar-refractivity contribution in [1.29, 1.82) is 0 Å². The van der Waals surface area contributed by atoms with Crippen LogP contribution in [0.15, 0.2) is 36.4 Å². The second-order valence-corrected chi connectivity index (χ2v) is 7.44. The molecule has 0 saturated carbocycles. The molecule has 19 heavy (non-hydrogen) atoms. The summed E-state index contributed by atoms with van der Waals surface area (Å²) in [4.78, 5) is 2.62. The summed E-state index contributed by atoms with van der Waals surface area (Å²) >= 11 is 7.81. The maximum absolute atomic E-state index is 6.30. The first-order valence-electron chi connectivity index (χ1n) is 6.46. The summed E-state index contributed by atoms with van der Waals surface area (Å²) in [6, 6.07) is 12.3. The third kappa shape index (κ3) is 3.82. The number of halogens is 1. The van der Waals surface area contributed by atoms with Gasteiger partial charge < -0.3 is 5.73 Å². The number of hydrogen-bond acceptors (Lipinski definition) is 2. The van der Waals surface area contributed by atoms with E-state index in [2.05, 4.69) is 39.0 Å². The molecule has 0 aliphatic rings. The maximum Gasteiger partial charge on any atom is 0.0430 e. The number of thiophene rings is 1. The molecule has 1 unspecified atom stereocenters. The van der Waals surface area contributed by atoms with Crippen LogP contribution in [0.3, 0.4) is 0 Å². The second kappa shape index (κ2) is 5.66. The number of hydrogen-bond donors (Lipinski definition) is 1. The normalized spacial score (nSPS) is 13.5. The predicted octanol–water partition coefficient (Wildman–Crippen LogP) is 4.94. The summed E-state index contributed by atoms with van der Waals surface area (Å²) < 4.78 is 0. The van der Waals surface area contributed by atoms with E-state index in [9.17, 15) is 0 Å². The Labute approximate surface area is 124 Å². The fourth-order valence-electron chi connectivity index (χ4n) is 1.97. The van der Waals surface area contributed by atoms with Crippen molar-refractivity contribution < 1.29 is 0 Å². The number of nitrogens with two attached hydrogens (primary N) is 1. The first kappa shape index (κ1) is 14.6. The molecule has 1 heterocycles. The zero-order chi connectivity index (χ0) is 14.0. The van der Waals surface area contributed by atoms with Gasteiger partial charge in [-0.05, 0) is 41.7 Å². The summed E-state index contributed by atoms with van der Waals surface area (Å²) in [5.74, 6) is 0. The highest BCUT2D eigenvalue weighted by Gasteiger charge is 2.18. The standard InChI is InChI=1S/C16H20ClNS/c1-16(2,3)15-8-7-14(19-15)13(18)10-11-5-4-6-12(17)9-11/h4-9,13H,10,18H2,1-3H3. The summed E-state index contributed by atoms with van der Waals surface area (Å²) in [6.45, 7) is 6.68. The summed E-state index contributed by atoms with van der Waals surface area (Å²) in [5.41, 5.74) is 7.68. The smallest absolute Gasteiger partial charge is 0.0430 e. The van der Waals surface area contributed by atoms with E-state index in [1.165, 1.54) is 15.3 Å². The van der Waals surface area contributed by atoms with E-state index >= 15 is 0 Å². The molecular formula is C16H20ClNS. The zero-order valence-corrected chi connectivity index (χ0v) is 13.2. The highest BCUT2D eigenvalue weighted by atomic mass is 35.5. The van der Waals surface area contributed by atoms with E-state index in [-0.39, 0.29) is 11.5 Å². The molecule has 102 valence electrons. The van der Waals surface area contributed by atoms with E-state index in [4.69, 9.17) is 17.3 Å². The quantitative estimate of drug-likeness (QED) is 0.852. The minimum Gasteiger partial charge on any atom is -0.323 e. The van der Waals surface area contributed by atoms with Crippen LogP contribution in [0.5, 0.6) is 0 Å². The molecule has 3 heteroatoms. The molecule has 1 nitrogen and oxygen atoms in total. The van der Waals surface area contributed by atoms with Crippen molar-refractivity contribution >= 4 is 22.9 Å². The first-order chi connectivity index (χ1) is 8.86. The molecule has 0 bridgehead atoms. The van der Waals surface area contributed by atoms with Crippen LogP contribution in [-0.2, 0) is 11.8 Å². The Hall–Kier alpha value is -0.830. The molecule has 1 atom stereocenters. The molecule has 0 spiro atoms. The van der Waals surface area contributed by atoms with Gasteiger partial charge in [0.05, 0.1) is 0 Å². The summed E-state index contributed by atoms with van der Waals surface area (Å²) in [6.07, 6.45) is 0.824. The molecule has 0 fully saturated rings. The Balaban J connectivity index is 2.12. The van der Waals surface area contributed by atoms with Gasteiger partial charge in [0.25, 0.3) is 0 Å². The lowest BCUT2D eigenvalue weighted by molar-refractivity contribution is 0.604. The SMILES string of the molecule is CC(C)(C)c1ccc(C(N)Cc2cccc(Cl)c2)s1. The number of benzene rings is 1. The number of rotatable bonds is 3. The monoisotopic (exact) mass is 293 g/mol. The Morgan fingerprint density at radius 3 is 2.53 bits per heavy atom. The summed E-state index contributed by atoms with van der Waals surface area (Å²) in [5, 5.41) is 0.770. The lowest BCUT2D eigenvalue weighted by atomic mass is 9.95. The van der Waals surface area contributed by atoms with Gasteiger partial charge in [0, 0.05) is 20.8 Å². The van der Waals surface area contributed by atoms with Gasteiger partial charge in [-0.25, -0.2) is 0 Å². The summed E-state index contributed by atoms with van der Waals surface area (Å²) in [7, 11) is 0. The lowest BCUT2D eigenvalue weighted by Crippen LogP contribution is -2.12. The molecule has 0 aliphatic heterocycles. The van der Waals surface area contributed by atoms with Crippen LogP contribution in [0.2, 0.25) is 5.02 Å². The Morgan fingerprint density at radius 2 is 1.95 bits per heavy atom. The Kier molecular flexibility index (Phi) is 4.34. The van der Waals surface area contributed by atoms with E-state index in [0.29, 0.717) is 0 Å². The van der Waals surface area contributed by atoms with Gasteiger partial charge >= 0.3 is 0 Å². The van der Waals surface area contributed by atoms with Crippen molar-refractivity contribution in [3.63, 3.8) is 0 Å². The predicted molar refractivity (Wildman–Crippen MR) is 85.1 cm³/mol. The fraction of sp³-hybridized carbons (Fsp3) is 0.375. The molecule has 0 amide bonds. The molecule has 1 aromatic carbocycles. The molecule has 2 N–H and O–H groups in total. The van der Waals surface area contributed by atoms with Crippen LogP contribution in [0, 0.1) is 0 Å². The van der Waals surface area contributed by atoms with Crippen LogP contribution >= 0.6 is 22.9 Å². The minimum atomic E-state index is 0.0413. The van der Waals surface area contributed by atoms with E-state index in [1.54, 1.807) is 0 Å². The third-order valence-electron chi connectivity index (χ3n) is 3.08. The molecule has 0 radical (unpaired) electrons. The second-order valence-electron chi connectivity index (χ2n) is 5.89. The van der Waals surface area contributed by atoms with Gasteiger partial charge in [-0.15, -0.1) is 11.3 Å². The van der Waals surface area contributed by atoms with Crippen molar-refractivity contribution in [3.8, 4) is 0 Å². The highest BCUT2D eigenvalue weighted by Crippen LogP contribution is 2.32. The van der Waals surface area contributed by atoms with Crippen molar-refractivity contribution in [1.82, 2.24) is 0 Å². The molecule has 0 saturated heterocycles. The van der Waals surface area contributed by atoms with Gasteiger partial charge in [0.2, 0.25) is 0 Å². The first-order valence-corrected chi connectivity index (χ1v) is 7.66. The molecular weight excluding hydrogens is 274 g/mol. The van der Waals surface area contributed by atoms with Crippen LogP contribution < -0.4 is 5.73 Å². The van der Waals surface area contributed by atoms with Crippen LogP contribution in [0.1, 0.15) is 42.1 Å². The average molecular weight is 294 g/mol. The van der Waals surface area contributed by atoms with Crippen LogP contribution in [-0.4, -0.2) is 0 Å². The third-order valence-corrected chi connectivity index (χ3v) is 4.95. The molecule has 2 rings (SSSR count). The molecule has 0 aliphatic carbocycles. The van der Waals surface area contributed by atoms with E-state index in [0.717, 1.165) is 11.4 Å². The average Bonchev–Trinajstić information content (AvgIpc) is 2.77. The lowest BCUT2D eigenvalue weighted by Gasteiger charge is -2.16. The van der Waals surface area contributed by atoms with Gasteiger partial charge in [0.15, 0.2) is 0 Å². The van der Waals surface area contributed by atoms with E-state index < -0.39 is 0 Å². The zero-order valence-electron chi connectivity index (χ0n) is 11.6.